The molecule has 1 amide bonds. The summed E-state index contributed by atoms with van der Waals surface area (Å²) >= 11 is 1.76. The molecule has 1 aliphatic heterocycles. The fraction of sp³-hybridized carbons (Fsp3) is 0.421. The number of methoxy groups -OCH3 is 2. The molecular formula is C19H23NO3S. The van der Waals surface area contributed by atoms with E-state index in [1.54, 1.807) is 25.6 Å². The molecule has 1 aliphatic rings. The fourth-order valence-electron chi connectivity index (χ4n) is 3.12. The van der Waals surface area contributed by atoms with Crippen molar-refractivity contribution >= 4 is 17.2 Å². The second kappa shape index (κ2) is 7.71. The largest absolute Gasteiger partial charge is 0.493 e. The van der Waals surface area contributed by atoms with Crippen LogP contribution in [0.3, 0.4) is 0 Å². The first-order valence-corrected chi connectivity index (χ1v) is 9.13. The predicted molar refractivity (Wildman–Crippen MR) is 95.9 cm³/mol. The molecule has 2 heterocycles. The number of ether oxygens (including phenoxy) is 2. The number of amides is 1. The van der Waals surface area contributed by atoms with Crippen LogP contribution in [0.5, 0.6) is 11.5 Å². The van der Waals surface area contributed by atoms with Gasteiger partial charge in [0.1, 0.15) is 0 Å². The zero-order chi connectivity index (χ0) is 16.9. The van der Waals surface area contributed by atoms with Crippen molar-refractivity contribution in [3.8, 4) is 11.5 Å². The van der Waals surface area contributed by atoms with E-state index in [0.717, 1.165) is 42.9 Å². The van der Waals surface area contributed by atoms with Crippen LogP contribution in [0.1, 0.15) is 28.8 Å². The van der Waals surface area contributed by atoms with Gasteiger partial charge < -0.3 is 14.4 Å². The lowest BCUT2D eigenvalue weighted by atomic mass is 9.98. The summed E-state index contributed by atoms with van der Waals surface area (Å²) in [5, 5.41) is 2.08. The Bertz CT molecular complexity index is 697. The van der Waals surface area contributed by atoms with Crippen molar-refractivity contribution in [2.45, 2.75) is 32.2 Å². The number of hydrogen-bond donors (Lipinski definition) is 0. The highest BCUT2D eigenvalue weighted by Crippen LogP contribution is 2.33. The van der Waals surface area contributed by atoms with Gasteiger partial charge in [-0.25, -0.2) is 0 Å². The quantitative estimate of drug-likeness (QED) is 0.802. The number of carbonyl (C=O) groups is 1. The molecule has 0 spiro atoms. The summed E-state index contributed by atoms with van der Waals surface area (Å²) in [6.07, 6.45) is 3.38. The third-order valence-corrected chi connectivity index (χ3v) is 5.40. The van der Waals surface area contributed by atoms with E-state index in [1.807, 2.05) is 17.0 Å². The first kappa shape index (κ1) is 16.8. The van der Waals surface area contributed by atoms with Crippen molar-refractivity contribution < 1.29 is 14.3 Å². The van der Waals surface area contributed by atoms with Crippen LogP contribution in [0.2, 0.25) is 0 Å². The van der Waals surface area contributed by atoms with Crippen LogP contribution in [-0.4, -0.2) is 31.6 Å². The summed E-state index contributed by atoms with van der Waals surface area (Å²) in [4.78, 5) is 15.8. The van der Waals surface area contributed by atoms with E-state index < -0.39 is 0 Å². The average Bonchev–Trinajstić information content (AvgIpc) is 3.13. The smallest absolute Gasteiger partial charge is 0.222 e. The topological polar surface area (TPSA) is 38.8 Å². The molecule has 0 atom stereocenters. The molecule has 0 N–H and O–H groups in total. The maximum Gasteiger partial charge on any atom is 0.222 e. The predicted octanol–water partition coefficient (Wildman–Crippen LogP) is 3.67. The van der Waals surface area contributed by atoms with E-state index in [4.69, 9.17) is 9.47 Å². The van der Waals surface area contributed by atoms with Crippen molar-refractivity contribution in [1.82, 2.24) is 4.90 Å². The molecule has 0 unspecified atom stereocenters. The van der Waals surface area contributed by atoms with E-state index in [0.29, 0.717) is 13.0 Å². The molecule has 0 saturated carbocycles. The Morgan fingerprint density at radius 2 is 1.96 bits per heavy atom. The van der Waals surface area contributed by atoms with Gasteiger partial charge in [0.25, 0.3) is 0 Å². The lowest BCUT2D eigenvalue weighted by Gasteiger charge is -2.29. The Hall–Kier alpha value is -2.01. The van der Waals surface area contributed by atoms with Gasteiger partial charge >= 0.3 is 0 Å². The van der Waals surface area contributed by atoms with E-state index in [1.165, 1.54) is 10.4 Å². The minimum absolute atomic E-state index is 0.243. The number of thiophene rings is 1. The minimum Gasteiger partial charge on any atom is -0.493 e. The lowest BCUT2D eigenvalue weighted by molar-refractivity contribution is -0.132. The molecule has 1 aromatic heterocycles. The third kappa shape index (κ3) is 3.73. The summed E-state index contributed by atoms with van der Waals surface area (Å²) in [5.41, 5.74) is 2.40. The highest BCUT2D eigenvalue weighted by molar-refractivity contribution is 7.09. The Balaban J connectivity index is 1.60. The van der Waals surface area contributed by atoms with Gasteiger partial charge in [0.15, 0.2) is 11.5 Å². The molecule has 0 radical (unpaired) electrons. The first-order valence-electron chi connectivity index (χ1n) is 8.25. The molecule has 24 heavy (non-hydrogen) atoms. The van der Waals surface area contributed by atoms with Crippen molar-refractivity contribution in [3.63, 3.8) is 0 Å². The monoisotopic (exact) mass is 345 g/mol. The normalized spacial score (nSPS) is 13.5. The van der Waals surface area contributed by atoms with Crippen molar-refractivity contribution in [2.75, 3.05) is 20.8 Å². The van der Waals surface area contributed by atoms with E-state index in [9.17, 15) is 4.79 Å². The van der Waals surface area contributed by atoms with E-state index >= 15 is 0 Å². The number of fused-ring (bicyclic) bond motifs is 1. The van der Waals surface area contributed by atoms with Crippen LogP contribution in [0.4, 0.5) is 0 Å². The summed E-state index contributed by atoms with van der Waals surface area (Å²) in [6, 6.07) is 8.23. The Morgan fingerprint density at radius 1 is 1.21 bits per heavy atom. The van der Waals surface area contributed by atoms with Crippen molar-refractivity contribution in [1.29, 1.82) is 0 Å². The van der Waals surface area contributed by atoms with Crippen LogP contribution >= 0.6 is 11.3 Å². The summed E-state index contributed by atoms with van der Waals surface area (Å²) in [7, 11) is 3.29. The number of hydrogen-bond acceptors (Lipinski definition) is 4. The van der Waals surface area contributed by atoms with Gasteiger partial charge in [-0.15, -0.1) is 11.3 Å². The molecule has 1 aromatic carbocycles. The highest BCUT2D eigenvalue weighted by Gasteiger charge is 2.22. The minimum atomic E-state index is 0.243. The molecule has 2 aromatic rings. The maximum absolute atomic E-state index is 12.5. The van der Waals surface area contributed by atoms with Gasteiger partial charge in [-0.3, -0.25) is 4.79 Å². The summed E-state index contributed by atoms with van der Waals surface area (Å²) in [6.45, 7) is 1.44. The van der Waals surface area contributed by atoms with Gasteiger partial charge in [0, 0.05) is 24.4 Å². The number of aryl methyl sites for hydroxylation is 1. The Labute approximate surface area is 147 Å². The standard InChI is InChI=1S/C19H23NO3S/c1-22-17-11-14-8-9-20(13-15(14)12-18(17)23-2)19(21)7-3-5-16-6-4-10-24-16/h4,6,10-12H,3,5,7-9,13H2,1-2H3. The van der Waals surface area contributed by atoms with Crippen molar-refractivity contribution in [3.05, 3.63) is 45.6 Å². The van der Waals surface area contributed by atoms with Crippen LogP contribution in [-0.2, 0) is 24.2 Å². The van der Waals surface area contributed by atoms with Crippen LogP contribution in [0.25, 0.3) is 0 Å². The second-order valence-corrected chi connectivity index (χ2v) is 7.01. The van der Waals surface area contributed by atoms with E-state index in [2.05, 4.69) is 17.5 Å². The molecule has 0 bridgehead atoms. The zero-order valence-electron chi connectivity index (χ0n) is 14.2. The molecule has 3 rings (SSSR count). The Morgan fingerprint density at radius 3 is 2.62 bits per heavy atom. The van der Waals surface area contributed by atoms with E-state index in [-0.39, 0.29) is 5.91 Å². The number of nitrogens with zero attached hydrogens (tertiary/aromatic N) is 1. The second-order valence-electron chi connectivity index (χ2n) is 5.97. The lowest BCUT2D eigenvalue weighted by Crippen LogP contribution is -2.35. The highest BCUT2D eigenvalue weighted by atomic mass is 32.1. The number of benzene rings is 1. The summed E-state index contributed by atoms with van der Waals surface area (Å²) < 4.78 is 10.7. The number of rotatable bonds is 6. The van der Waals surface area contributed by atoms with Crippen LogP contribution < -0.4 is 9.47 Å². The molecule has 0 aliphatic carbocycles. The van der Waals surface area contributed by atoms with Crippen LogP contribution in [0.15, 0.2) is 29.6 Å². The summed E-state index contributed by atoms with van der Waals surface area (Å²) in [5.74, 6) is 1.72. The third-order valence-electron chi connectivity index (χ3n) is 4.46. The molecule has 128 valence electrons. The molecule has 0 saturated heterocycles. The van der Waals surface area contributed by atoms with Gasteiger partial charge in [-0.1, -0.05) is 6.07 Å². The zero-order valence-corrected chi connectivity index (χ0v) is 15.0. The van der Waals surface area contributed by atoms with Gasteiger partial charge in [-0.05, 0) is 54.0 Å². The van der Waals surface area contributed by atoms with Crippen LogP contribution in [0, 0.1) is 0 Å². The first-order chi connectivity index (χ1) is 11.7. The van der Waals surface area contributed by atoms with Gasteiger partial charge in [0.2, 0.25) is 5.91 Å². The maximum atomic E-state index is 12.5. The van der Waals surface area contributed by atoms with Gasteiger partial charge in [-0.2, -0.15) is 0 Å². The van der Waals surface area contributed by atoms with Crippen molar-refractivity contribution in [2.24, 2.45) is 0 Å². The molecule has 0 fully saturated rings. The molecule has 4 nitrogen and oxygen atoms in total. The average molecular weight is 345 g/mol. The number of carbonyl (C=O) groups excluding carboxylic acids is 1. The molecular weight excluding hydrogens is 322 g/mol. The SMILES string of the molecule is COc1cc2c(cc1OC)CN(C(=O)CCCc1cccs1)CC2. The fourth-order valence-corrected chi connectivity index (χ4v) is 3.87. The molecule has 5 heteroatoms. The van der Waals surface area contributed by atoms with Gasteiger partial charge in [0.05, 0.1) is 14.2 Å². The Kier molecular flexibility index (Phi) is 5.41.